The summed E-state index contributed by atoms with van der Waals surface area (Å²) in [5.74, 6) is -3.29. The Morgan fingerprint density at radius 2 is 1.51 bits per heavy atom. The molecule has 0 heterocycles. The molecule has 1 aliphatic rings. The molecule has 9 N–H and O–H groups in total. The number of unbranched alkanes of at least 4 members (excludes halogenated alkanes) is 3. The minimum atomic E-state index is -1.06. The Morgan fingerprint density at radius 1 is 0.843 bits per heavy atom. The first kappa shape index (κ1) is 46.2. The molecule has 1 fully saturated rings. The standard InChI is InChI=1S/C37H71N7O7/c1-8-9-10-14-18-31(51-27(6)41-34(46)25(4)23-50-20-15-19-38)26(5)37(49)44(7)30(21-24(2)3)35(47)43-32(28-16-12-11-13-17-28)36(48)42-29(22-39)33(40)45/h24-32H,8-23,38-39H2,1-7H3,(H2,40,45)(H,41,46)(H,42,48)(H,43,47)/t25-,26+,27-,29-,30-,31+,32-/m0/s1. The molecule has 1 saturated carbocycles. The lowest BCUT2D eigenvalue weighted by Crippen LogP contribution is -2.60. The van der Waals surface area contributed by atoms with Crippen LogP contribution in [0.25, 0.3) is 0 Å². The van der Waals surface area contributed by atoms with Crippen LogP contribution < -0.4 is 33.2 Å². The van der Waals surface area contributed by atoms with Crippen LogP contribution in [0.1, 0.15) is 119 Å². The maximum absolute atomic E-state index is 14.2. The summed E-state index contributed by atoms with van der Waals surface area (Å²) >= 11 is 0. The lowest BCUT2D eigenvalue weighted by atomic mass is 9.83. The molecular formula is C37H71N7O7. The van der Waals surface area contributed by atoms with Crippen LogP contribution in [0.15, 0.2) is 0 Å². The molecule has 0 bridgehead atoms. The summed E-state index contributed by atoms with van der Waals surface area (Å²) in [7, 11) is 1.62. The number of ether oxygens (including phenoxy) is 2. The first-order chi connectivity index (χ1) is 24.2. The van der Waals surface area contributed by atoms with E-state index in [1.54, 1.807) is 27.8 Å². The summed E-state index contributed by atoms with van der Waals surface area (Å²) in [4.78, 5) is 68.0. The highest BCUT2D eigenvalue weighted by Crippen LogP contribution is 2.28. The Balaban J connectivity index is 3.19. The van der Waals surface area contributed by atoms with Crippen LogP contribution in [0.3, 0.4) is 0 Å². The zero-order chi connectivity index (χ0) is 38.5. The highest BCUT2D eigenvalue weighted by atomic mass is 16.5. The molecule has 0 aromatic carbocycles. The average molecular weight is 726 g/mol. The second kappa shape index (κ2) is 25.2. The fourth-order valence-electron chi connectivity index (χ4n) is 6.51. The largest absolute Gasteiger partial charge is 0.381 e. The van der Waals surface area contributed by atoms with Crippen molar-refractivity contribution in [2.75, 3.05) is 33.4 Å². The van der Waals surface area contributed by atoms with Crippen LogP contribution in [-0.2, 0) is 33.4 Å². The van der Waals surface area contributed by atoms with E-state index in [1.165, 1.54) is 4.90 Å². The third kappa shape index (κ3) is 17.0. The number of nitrogens with zero attached hydrogens (tertiary/aromatic N) is 1. The lowest BCUT2D eigenvalue weighted by molar-refractivity contribution is -0.150. The number of amides is 5. The van der Waals surface area contributed by atoms with Gasteiger partial charge in [-0.15, -0.1) is 0 Å². The zero-order valence-electron chi connectivity index (χ0n) is 32.5. The van der Waals surface area contributed by atoms with Crippen molar-refractivity contribution in [3.8, 4) is 0 Å². The van der Waals surface area contributed by atoms with Crippen LogP contribution in [0.5, 0.6) is 0 Å². The van der Waals surface area contributed by atoms with Crippen molar-refractivity contribution in [1.29, 1.82) is 0 Å². The topological polar surface area (TPSA) is 221 Å². The number of nitrogens with two attached hydrogens (primary N) is 3. The molecule has 5 amide bonds. The van der Waals surface area contributed by atoms with E-state index in [4.69, 9.17) is 26.7 Å². The highest BCUT2D eigenvalue weighted by Gasteiger charge is 2.38. The van der Waals surface area contributed by atoms with Gasteiger partial charge in [0.25, 0.3) is 0 Å². The first-order valence-electron chi connectivity index (χ1n) is 19.3. The maximum atomic E-state index is 14.2. The normalized spacial score (nSPS) is 17.8. The van der Waals surface area contributed by atoms with Gasteiger partial charge in [0.2, 0.25) is 29.5 Å². The molecule has 0 unspecified atom stereocenters. The minimum absolute atomic E-state index is 0.0577. The molecule has 0 saturated heterocycles. The van der Waals surface area contributed by atoms with E-state index < -0.39 is 60.0 Å². The number of hydrogen-bond acceptors (Lipinski definition) is 9. The molecule has 296 valence electrons. The predicted molar refractivity (Wildman–Crippen MR) is 199 cm³/mol. The van der Waals surface area contributed by atoms with E-state index in [0.29, 0.717) is 26.0 Å². The number of carbonyl (C=O) groups excluding carboxylic acids is 5. The van der Waals surface area contributed by atoms with Crippen LogP contribution in [0.4, 0.5) is 0 Å². The van der Waals surface area contributed by atoms with Gasteiger partial charge in [0.1, 0.15) is 24.4 Å². The monoisotopic (exact) mass is 726 g/mol. The zero-order valence-corrected chi connectivity index (χ0v) is 32.5. The molecule has 7 atom stereocenters. The summed E-state index contributed by atoms with van der Waals surface area (Å²) in [6.07, 6.45) is 8.82. The molecule has 14 heteroatoms. The van der Waals surface area contributed by atoms with Crippen molar-refractivity contribution >= 4 is 29.5 Å². The third-order valence-corrected chi connectivity index (χ3v) is 9.73. The van der Waals surface area contributed by atoms with Gasteiger partial charge >= 0.3 is 0 Å². The van der Waals surface area contributed by atoms with Gasteiger partial charge in [0.05, 0.1) is 24.5 Å². The summed E-state index contributed by atoms with van der Waals surface area (Å²) < 4.78 is 11.9. The van der Waals surface area contributed by atoms with Crippen LogP contribution in [-0.4, -0.2) is 98.2 Å². The molecule has 1 rings (SSSR count). The average Bonchev–Trinajstić information content (AvgIpc) is 3.10. The number of likely N-dealkylation sites (N-methyl/N-ethyl adjacent to an activating group) is 1. The third-order valence-electron chi connectivity index (χ3n) is 9.73. The Labute approximate surface area is 306 Å². The van der Waals surface area contributed by atoms with Gasteiger partial charge in [0, 0.05) is 20.2 Å². The highest BCUT2D eigenvalue weighted by molar-refractivity contribution is 5.94. The van der Waals surface area contributed by atoms with Gasteiger partial charge in [-0.3, -0.25) is 24.0 Å². The number of primary amides is 1. The first-order valence-corrected chi connectivity index (χ1v) is 19.3. The van der Waals surface area contributed by atoms with Gasteiger partial charge in [-0.1, -0.05) is 79.6 Å². The molecule has 51 heavy (non-hydrogen) atoms. The smallest absolute Gasteiger partial charge is 0.243 e. The Bertz CT molecular complexity index is 1060. The second-order valence-corrected chi connectivity index (χ2v) is 14.8. The molecule has 0 spiro atoms. The summed E-state index contributed by atoms with van der Waals surface area (Å²) in [6.45, 7) is 12.5. The number of hydrogen-bond donors (Lipinski definition) is 6. The molecule has 0 radical (unpaired) electrons. The molecule has 0 aromatic heterocycles. The van der Waals surface area contributed by atoms with Gasteiger partial charge in [-0.2, -0.15) is 0 Å². The fourth-order valence-corrected chi connectivity index (χ4v) is 6.51. The Kier molecular flexibility index (Phi) is 22.8. The fraction of sp³-hybridized carbons (Fsp3) is 0.865. The molecule has 14 nitrogen and oxygen atoms in total. The van der Waals surface area contributed by atoms with Crippen LogP contribution in [0.2, 0.25) is 0 Å². The lowest BCUT2D eigenvalue weighted by Gasteiger charge is -2.36. The van der Waals surface area contributed by atoms with E-state index in [-0.39, 0.29) is 36.8 Å². The van der Waals surface area contributed by atoms with Crippen LogP contribution in [0, 0.1) is 23.7 Å². The number of rotatable bonds is 26. The van der Waals surface area contributed by atoms with Crippen molar-refractivity contribution in [2.45, 2.75) is 149 Å². The second-order valence-electron chi connectivity index (χ2n) is 14.8. The summed E-state index contributed by atoms with van der Waals surface area (Å²) in [5, 5.41) is 8.49. The number of carbonyl (C=O) groups is 5. The SMILES string of the molecule is CCCCCC[C@@H](O[C@@H](C)NC(=O)[C@@H](C)COCCCN)[C@@H](C)C(=O)N(C)[C@@H](CC(C)C)C(=O)N[C@H](C(=O)N[C@@H](CN)C(N)=O)C1CCCCC1. The summed E-state index contributed by atoms with van der Waals surface area (Å²) in [6, 6.07) is -2.83. The van der Waals surface area contributed by atoms with Gasteiger partial charge in [-0.05, 0) is 57.4 Å². The maximum Gasteiger partial charge on any atom is 0.243 e. The quantitative estimate of drug-likeness (QED) is 0.0568. The molecule has 0 aliphatic heterocycles. The minimum Gasteiger partial charge on any atom is -0.381 e. The van der Waals surface area contributed by atoms with Crippen molar-refractivity contribution < 1.29 is 33.4 Å². The van der Waals surface area contributed by atoms with E-state index in [1.807, 2.05) is 13.8 Å². The van der Waals surface area contributed by atoms with Gasteiger partial charge in [-0.25, -0.2) is 0 Å². The molecule has 0 aromatic rings. The van der Waals surface area contributed by atoms with E-state index in [2.05, 4.69) is 22.9 Å². The van der Waals surface area contributed by atoms with Crippen molar-refractivity contribution in [3.05, 3.63) is 0 Å². The van der Waals surface area contributed by atoms with E-state index in [9.17, 15) is 24.0 Å². The predicted octanol–water partition coefficient (Wildman–Crippen LogP) is 2.31. The van der Waals surface area contributed by atoms with Crippen molar-refractivity contribution in [2.24, 2.45) is 40.9 Å². The van der Waals surface area contributed by atoms with E-state index >= 15 is 0 Å². The van der Waals surface area contributed by atoms with Crippen molar-refractivity contribution in [3.63, 3.8) is 0 Å². The van der Waals surface area contributed by atoms with Crippen molar-refractivity contribution in [1.82, 2.24) is 20.9 Å². The van der Waals surface area contributed by atoms with E-state index in [0.717, 1.165) is 64.2 Å². The van der Waals surface area contributed by atoms with Gasteiger partial charge in [0.15, 0.2) is 0 Å². The van der Waals surface area contributed by atoms with Gasteiger partial charge < -0.3 is 47.5 Å². The molecule has 1 aliphatic carbocycles. The van der Waals surface area contributed by atoms with Crippen LogP contribution >= 0.6 is 0 Å². The molecular weight excluding hydrogens is 654 g/mol. The Hall–Kier alpha value is -2.81. The Morgan fingerprint density at radius 3 is 2.08 bits per heavy atom. The number of nitrogens with one attached hydrogen (secondary N) is 3. The summed E-state index contributed by atoms with van der Waals surface area (Å²) in [5.41, 5.74) is 16.6.